The third-order valence-corrected chi connectivity index (χ3v) is 3.70. The molecule has 0 bridgehead atoms. The van der Waals surface area contributed by atoms with Gasteiger partial charge in [-0.2, -0.15) is 0 Å². The highest BCUT2D eigenvalue weighted by Crippen LogP contribution is 2.45. The summed E-state index contributed by atoms with van der Waals surface area (Å²) in [5.41, 5.74) is 1.40. The molecular weight excluding hydrogens is 160 g/mol. The number of aldehydes is 1. The molecule has 0 spiro atoms. The van der Waals surface area contributed by atoms with Crippen LogP contribution in [0.2, 0.25) is 0 Å². The van der Waals surface area contributed by atoms with E-state index in [1.54, 1.807) is 0 Å². The highest BCUT2D eigenvalue weighted by Gasteiger charge is 2.39. The van der Waals surface area contributed by atoms with E-state index in [-0.39, 0.29) is 11.3 Å². The molecule has 0 heterocycles. The van der Waals surface area contributed by atoms with Crippen LogP contribution in [0, 0.1) is 17.3 Å². The van der Waals surface area contributed by atoms with Gasteiger partial charge in [-0.15, -0.1) is 0 Å². The van der Waals surface area contributed by atoms with Crippen LogP contribution in [0.4, 0.5) is 0 Å². The zero-order valence-electron chi connectivity index (χ0n) is 9.13. The van der Waals surface area contributed by atoms with Crippen LogP contribution >= 0.6 is 0 Å². The molecule has 1 nitrogen and oxygen atoms in total. The van der Waals surface area contributed by atoms with Gasteiger partial charge in [-0.3, -0.25) is 0 Å². The zero-order chi connectivity index (χ0) is 10.1. The molecule has 0 radical (unpaired) electrons. The third kappa shape index (κ3) is 1.70. The van der Waals surface area contributed by atoms with Crippen LogP contribution in [0.5, 0.6) is 0 Å². The molecule has 0 amide bonds. The van der Waals surface area contributed by atoms with Crippen molar-refractivity contribution in [3.05, 3.63) is 11.6 Å². The lowest BCUT2D eigenvalue weighted by Gasteiger charge is -2.42. The van der Waals surface area contributed by atoms with E-state index in [0.717, 1.165) is 12.7 Å². The van der Waals surface area contributed by atoms with Crippen molar-refractivity contribution in [2.45, 2.75) is 40.5 Å². The lowest BCUT2D eigenvalue weighted by Crippen LogP contribution is -2.36. The van der Waals surface area contributed by atoms with Crippen molar-refractivity contribution in [3.63, 3.8) is 0 Å². The van der Waals surface area contributed by atoms with Gasteiger partial charge in [0.1, 0.15) is 6.29 Å². The monoisotopic (exact) mass is 180 g/mol. The fourth-order valence-electron chi connectivity index (χ4n) is 2.58. The summed E-state index contributed by atoms with van der Waals surface area (Å²) in [5.74, 6) is 0.789. The lowest BCUT2D eigenvalue weighted by molar-refractivity contribution is -0.114. The summed E-state index contributed by atoms with van der Waals surface area (Å²) in [4.78, 5) is 11.0. The second-order valence-corrected chi connectivity index (χ2v) is 4.72. The first-order valence-electron chi connectivity index (χ1n) is 5.16. The highest BCUT2D eigenvalue weighted by molar-refractivity contribution is 5.60. The molecule has 0 aromatic heterocycles. The molecule has 0 saturated heterocycles. The molecule has 2 unspecified atom stereocenters. The van der Waals surface area contributed by atoms with Gasteiger partial charge in [0.05, 0.1) is 0 Å². The molecule has 1 rings (SSSR count). The van der Waals surface area contributed by atoms with Gasteiger partial charge in [0.2, 0.25) is 0 Å². The number of rotatable bonds is 2. The smallest absolute Gasteiger partial charge is 0.127 e. The molecule has 0 saturated carbocycles. The molecule has 1 heteroatoms. The first-order chi connectivity index (χ1) is 6.04. The van der Waals surface area contributed by atoms with Crippen LogP contribution in [0.3, 0.4) is 0 Å². The maximum atomic E-state index is 11.0. The van der Waals surface area contributed by atoms with Crippen molar-refractivity contribution in [2.75, 3.05) is 0 Å². The second kappa shape index (κ2) is 3.65. The molecule has 13 heavy (non-hydrogen) atoms. The van der Waals surface area contributed by atoms with Gasteiger partial charge in [-0.1, -0.05) is 38.8 Å². The minimum Gasteiger partial charge on any atom is -0.303 e. The van der Waals surface area contributed by atoms with E-state index in [1.807, 2.05) is 0 Å². The largest absolute Gasteiger partial charge is 0.303 e. The SMILES string of the molecule is CCC1CC=C(C)C(C=O)C1(C)C. The standard InChI is InChI=1S/C12H20O/c1-5-10-7-6-9(2)11(8-13)12(10,3)4/h6,8,10-11H,5,7H2,1-4H3. The molecule has 0 aliphatic heterocycles. The molecule has 0 aromatic carbocycles. The van der Waals surface area contributed by atoms with E-state index in [1.165, 1.54) is 12.0 Å². The van der Waals surface area contributed by atoms with Gasteiger partial charge in [-0.05, 0) is 24.7 Å². The number of carbonyl (C=O) groups is 1. The Kier molecular flexibility index (Phi) is 2.94. The Morgan fingerprint density at radius 2 is 2.23 bits per heavy atom. The minimum absolute atomic E-state index is 0.131. The number of carbonyl (C=O) groups excluding carboxylic acids is 1. The second-order valence-electron chi connectivity index (χ2n) is 4.72. The van der Waals surface area contributed by atoms with Crippen LogP contribution in [-0.2, 0) is 4.79 Å². The maximum Gasteiger partial charge on any atom is 0.127 e. The molecule has 0 N–H and O–H groups in total. The number of allylic oxidation sites excluding steroid dienone is 2. The molecule has 74 valence electrons. The van der Waals surface area contributed by atoms with E-state index in [2.05, 4.69) is 33.8 Å². The maximum absolute atomic E-state index is 11.0. The fraction of sp³-hybridized carbons (Fsp3) is 0.750. The van der Waals surface area contributed by atoms with Crippen LogP contribution < -0.4 is 0 Å². The van der Waals surface area contributed by atoms with E-state index >= 15 is 0 Å². The molecule has 0 aromatic rings. The van der Waals surface area contributed by atoms with E-state index in [9.17, 15) is 4.79 Å². The van der Waals surface area contributed by atoms with E-state index in [4.69, 9.17) is 0 Å². The fourth-order valence-corrected chi connectivity index (χ4v) is 2.58. The predicted octanol–water partition coefficient (Wildman–Crippen LogP) is 3.20. The van der Waals surface area contributed by atoms with Gasteiger partial charge in [-0.25, -0.2) is 0 Å². The molecule has 0 fully saturated rings. The number of hydrogen-bond donors (Lipinski definition) is 0. The van der Waals surface area contributed by atoms with Gasteiger partial charge in [0.15, 0.2) is 0 Å². The third-order valence-electron chi connectivity index (χ3n) is 3.70. The van der Waals surface area contributed by atoms with Gasteiger partial charge in [0.25, 0.3) is 0 Å². The van der Waals surface area contributed by atoms with Crippen molar-refractivity contribution in [1.82, 2.24) is 0 Å². The van der Waals surface area contributed by atoms with Crippen LogP contribution in [0.1, 0.15) is 40.5 Å². The Morgan fingerprint density at radius 3 is 2.69 bits per heavy atom. The van der Waals surface area contributed by atoms with E-state index < -0.39 is 0 Å². The Labute approximate surface area is 81.2 Å². The summed E-state index contributed by atoms with van der Waals surface area (Å²) in [7, 11) is 0. The first kappa shape index (κ1) is 10.5. The number of hydrogen-bond acceptors (Lipinski definition) is 1. The van der Waals surface area contributed by atoms with Crippen molar-refractivity contribution < 1.29 is 4.79 Å². The van der Waals surface area contributed by atoms with Crippen molar-refractivity contribution in [2.24, 2.45) is 17.3 Å². The average Bonchev–Trinajstić information content (AvgIpc) is 2.04. The average molecular weight is 180 g/mol. The van der Waals surface area contributed by atoms with Crippen LogP contribution in [-0.4, -0.2) is 6.29 Å². The van der Waals surface area contributed by atoms with Crippen molar-refractivity contribution in [3.8, 4) is 0 Å². The van der Waals surface area contributed by atoms with Gasteiger partial charge < -0.3 is 4.79 Å². The van der Waals surface area contributed by atoms with Crippen molar-refractivity contribution >= 4 is 6.29 Å². The van der Waals surface area contributed by atoms with Gasteiger partial charge >= 0.3 is 0 Å². The summed E-state index contributed by atoms with van der Waals surface area (Å²) in [6, 6.07) is 0. The molecular formula is C12H20O. The normalized spacial score (nSPS) is 32.5. The summed E-state index contributed by atoms with van der Waals surface area (Å²) in [6.07, 6.45) is 5.66. The topological polar surface area (TPSA) is 17.1 Å². The summed E-state index contributed by atoms with van der Waals surface area (Å²) >= 11 is 0. The van der Waals surface area contributed by atoms with Crippen LogP contribution in [0.15, 0.2) is 11.6 Å². The first-order valence-corrected chi connectivity index (χ1v) is 5.16. The van der Waals surface area contributed by atoms with Gasteiger partial charge in [0, 0.05) is 5.92 Å². The lowest BCUT2D eigenvalue weighted by atomic mass is 9.62. The summed E-state index contributed by atoms with van der Waals surface area (Å²) < 4.78 is 0. The molecule has 1 aliphatic carbocycles. The quantitative estimate of drug-likeness (QED) is 0.471. The van der Waals surface area contributed by atoms with E-state index in [0.29, 0.717) is 5.92 Å². The van der Waals surface area contributed by atoms with Crippen LogP contribution in [0.25, 0.3) is 0 Å². The van der Waals surface area contributed by atoms with Crippen molar-refractivity contribution in [1.29, 1.82) is 0 Å². The zero-order valence-corrected chi connectivity index (χ0v) is 9.13. The Hall–Kier alpha value is -0.590. The molecule has 1 aliphatic rings. The predicted molar refractivity (Wildman–Crippen MR) is 55.5 cm³/mol. The highest BCUT2D eigenvalue weighted by atomic mass is 16.1. The summed E-state index contributed by atoms with van der Waals surface area (Å²) in [5, 5.41) is 0. The minimum atomic E-state index is 0.131. The summed E-state index contributed by atoms with van der Waals surface area (Å²) in [6.45, 7) is 8.73. The Balaban J connectivity index is 2.98. The molecule has 2 atom stereocenters. The Bertz CT molecular complexity index is 225. The Morgan fingerprint density at radius 1 is 1.62 bits per heavy atom.